The molecule has 108 valence electrons. The molecule has 1 aliphatic rings. The monoisotopic (exact) mass is 321 g/mol. The van der Waals surface area contributed by atoms with Crippen molar-refractivity contribution in [3.63, 3.8) is 0 Å². The van der Waals surface area contributed by atoms with Gasteiger partial charge in [0.25, 0.3) is 0 Å². The van der Waals surface area contributed by atoms with Gasteiger partial charge in [0.1, 0.15) is 5.82 Å². The molecule has 0 saturated carbocycles. The Morgan fingerprint density at radius 1 is 1.29 bits per heavy atom. The summed E-state index contributed by atoms with van der Waals surface area (Å²) in [6.07, 6.45) is 8.57. The lowest BCUT2D eigenvalue weighted by Gasteiger charge is -2.09. The molecule has 2 heterocycles. The topological polar surface area (TPSA) is 39.8 Å². The number of benzene rings is 1. The zero-order chi connectivity index (χ0) is 15.0. The quantitative estimate of drug-likeness (QED) is 0.798. The Morgan fingerprint density at radius 2 is 2.10 bits per heavy atom. The van der Waals surface area contributed by atoms with Crippen molar-refractivity contribution in [3.05, 3.63) is 44.1 Å². The van der Waals surface area contributed by atoms with Crippen molar-refractivity contribution in [2.45, 2.75) is 32.2 Å². The van der Waals surface area contributed by atoms with Gasteiger partial charge in [-0.05, 0) is 30.5 Å². The van der Waals surface area contributed by atoms with Crippen LogP contribution in [0.1, 0.15) is 24.2 Å². The van der Waals surface area contributed by atoms with E-state index in [9.17, 15) is 4.79 Å². The van der Waals surface area contributed by atoms with Gasteiger partial charge in [-0.1, -0.05) is 23.2 Å². The molecule has 0 atom stereocenters. The predicted molar refractivity (Wildman–Crippen MR) is 83.3 cm³/mol. The van der Waals surface area contributed by atoms with Crippen molar-refractivity contribution in [1.82, 2.24) is 14.3 Å². The lowest BCUT2D eigenvalue weighted by atomic mass is 10.1. The van der Waals surface area contributed by atoms with Crippen LogP contribution in [-0.4, -0.2) is 14.3 Å². The van der Waals surface area contributed by atoms with E-state index in [2.05, 4.69) is 11.0 Å². The van der Waals surface area contributed by atoms with E-state index in [4.69, 9.17) is 29.6 Å². The molecule has 2 aromatic rings. The fourth-order valence-corrected chi connectivity index (χ4v) is 3.08. The largest absolute Gasteiger partial charge is 0.350 e. The Hall–Kier alpha value is -1.70. The summed E-state index contributed by atoms with van der Waals surface area (Å²) in [5.74, 6) is 3.35. The zero-order valence-corrected chi connectivity index (χ0v) is 12.8. The molecule has 1 aromatic heterocycles. The standard InChI is InChI=1S/C15H13Cl2N3O/c1-2-5-10-8-13(12(17)9-11(10)16)20-15(21)19-7-4-3-6-14(19)18-20/h1,8-9H,3-7H2. The number of halogens is 2. The van der Waals surface area contributed by atoms with Crippen LogP contribution in [0.15, 0.2) is 16.9 Å². The normalized spacial score (nSPS) is 13.8. The molecule has 4 nitrogen and oxygen atoms in total. The van der Waals surface area contributed by atoms with Crippen molar-refractivity contribution in [2.75, 3.05) is 0 Å². The van der Waals surface area contributed by atoms with E-state index in [1.165, 1.54) is 4.68 Å². The van der Waals surface area contributed by atoms with Crippen molar-refractivity contribution in [2.24, 2.45) is 0 Å². The van der Waals surface area contributed by atoms with Crippen LogP contribution in [0.3, 0.4) is 0 Å². The molecule has 0 aliphatic carbocycles. The molecule has 3 rings (SSSR count). The number of fused-ring (bicyclic) bond motifs is 1. The van der Waals surface area contributed by atoms with Gasteiger partial charge < -0.3 is 0 Å². The first-order valence-electron chi connectivity index (χ1n) is 6.72. The van der Waals surface area contributed by atoms with E-state index in [0.717, 1.165) is 30.7 Å². The lowest BCUT2D eigenvalue weighted by molar-refractivity contribution is 0.512. The number of terminal acetylenes is 1. The Balaban J connectivity index is 2.17. The maximum absolute atomic E-state index is 12.5. The smallest absolute Gasteiger partial charge is 0.279 e. The van der Waals surface area contributed by atoms with Gasteiger partial charge in [-0.2, -0.15) is 4.68 Å². The van der Waals surface area contributed by atoms with E-state index < -0.39 is 0 Å². The average Bonchev–Trinajstić information content (AvgIpc) is 2.80. The molecule has 0 radical (unpaired) electrons. The zero-order valence-electron chi connectivity index (χ0n) is 11.3. The van der Waals surface area contributed by atoms with Gasteiger partial charge in [0, 0.05) is 24.4 Å². The molecular weight excluding hydrogens is 309 g/mol. The maximum Gasteiger partial charge on any atom is 0.350 e. The minimum atomic E-state index is -0.166. The highest BCUT2D eigenvalue weighted by Gasteiger charge is 2.19. The summed E-state index contributed by atoms with van der Waals surface area (Å²) in [5, 5.41) is 5.29. The second-order valence-corrected chi connectivity index (χ2v) is 5.81. The van der Waals surface area contributed by atoms with Crippen LogP contribution in [0, 0.1) is 12.3 Å². The van der Waals surface area contributed by atoms with Gasteiger partial charge >= 0.3 is 5.69 Å². The third-order valence-electron chi connectivity index (χ3n) is 3.61. The molecule has 1 aromatic carbocycles. The highest BCUT2D eigenvalue weighted by molar-refractivity contribution is 6.36. The Kier molecular flexibility index (Phi) is 3.79. The molecule has 6 heteroatoms. The van der Waals surface area contributed by atoms with E-state index in [0.29, 0.717) is 28.7 Å². The van der Waals surface area contributed by atoms with Crippen LogP contribution in [0.5, 0.6) is 0 Å². The second-order valence-electron chi connectivity index (χ2n) is 5.00. The molecule has 0 saturated heterocycles. The number of aromatic nitrogens is 3. The third-order valence-corrected chi connectivity index (χ3v) is 4.26. The van der Waals surface area contributed by atoms with E-state index in [1.54, 1.807) is 16.7 Å². The van der Waals surface area contributed by atoms with Crippen molar-refractivity contribution >= 4 is 23.2 Å². The van der Waals surface area contributed by atoms with Crippen LogP contribution >= 0.6 is 23.2 Å². The molecule has 0 spiro atoms. The fourth-order valence-electron chi connectivity index (χ4n) is 2.55. The Labute approximate surface area is 132 Å². The average molecular weight is 322 g/mol. The van der Waals surface area contributed by atoms with Crippen LogP contribution in [0.2, 0.25) is 10.0 Å². The SMILES string of the molecule is C#CCc1cc(-n2nc3n(c2=O)CCCC3)c(Cl)cc1Cl. The maximum atomic E-state index is 12.5. The highest BCUT2D eigenvalue weighted by Crippen LogP contribution is 2.28. The number of hydrogen-bond donors (Lipinski definition) is 0. The molecule has 0 amide bonds. The first-order valence-corrected chi connectivity index (χ1v) is 7.48. The second kappa shape index (κ2) is 5.59. The molecule has 21 heavy (non-hydrogen) atoms. The summed E-state index contributed by atoms with van der Waals surface area (Å²) < 4.78 is 3.05. The minimum Gasteiger partial charge on any atom is -0.279 e. The van der Waals surface area contributed by atoms with Gasteiger partial charge in [-0.3, -0.25) is 4.57 Å². The van der Waals surface area contributed by atoms with Crippen molar-refractivity contribution in [1.29, 1.82) is 0 Å². The van der Waals surface area contributed by atoms with E-state index in [-0.39, 0.29) is 5.69 Å². The van der Waals surface area contributed by atoms with Crippen molar-refractivity contribution < 1.29 is 0 Å². The first-order chi connectivity index (χ1) is 10.1. The molecule has 0 N–H and O–H groups in total. The Morgan fingerprint density at radius 3 is 2.81 bits per heavy atom. The number of rotatable bonds is 2. The fraction of sp³-hybridized carbons (Fsp3) is 0.333. The number of aryl methyl sites for hydroxylation is 1. The number of nitrogens with zero attached hydrogens (tertiary/aromatic N) is 3. The summed E-state index contributed by atoms with van der Waals surface area (Å²) in [4.78, 5) is 12.5. The third kappa shape index (κ3) is 2.48. The van der Waals surface area contributed by atoms with Gasteiger partial charge in [0.2, 0.25) is 0 Å². The molecule has 0 fully saturated rings. The highest BCUT2D eigenvalue weighted by atomic mass is 35.5. The van der Waals surface area contributed by atoms with E-state index >= 15 is 0 Å². The Bertz CT molecular complexity index is 798. The molecule has 0 unspecified atom stereocenters. The predicted octanol–water partition coefficient (Wildman–Crippen LogP) is 2.85. The summed E-state index contributed by atoms with van der Waals surface area (Å²) in [6.45, 7) is 0.705. The van der Waals surface area contributed by atoms with Gasteiger partial charge in [-0.25, -0.2) is 4.79 Å². The van der Waals surface area contributed by atoms with Crippen LogP contribution in [0.4, 0.5) is 0 Å². The van der Waals surface area contributed by atoms with Crippen LogP contribution in [-0.2, 0) is 19.4 Å². The van der Waals surface area contributed by atoms with Gasteiger partial charge in [0.05, 0.1) is 10.7 Å². The lowest BCUT2D eigenvalue weighted by Crippen LogP contribution is -2.26. The summed E-state index contributed by atoms with van der Waals surface area (Å²) in [6, 6.07) is 3.35. The van der Waals surface area contributed by atoms with Crippen LogP contribution < -0.4 is 5.69 Å². The number of hydrogen-bond acceptors (Lipinski definition) is 2. The first kappa shape index (κ1) is 14.2. The summed E-state index contributed by atoms with van der Waals surface area (Å²) >= 11 is 12.3. The summed E-state index contributed by atoms with van der Waals surface area (Å²) in [5.41, 5.74) is 1.12. The molecular formula is C15H13Cl2N3O. The van der Waals surface area contributed by atoms with Crippen molar-refractivity contribution in [3.8, 4) is 18.0 Å². The van der Waals surface area contributed by atoms with E-state index in [1.807, 2.05) is 0 Å². The minimum absolute atomic E-state index is 0.166. The molecule has 1 aliphatic heterocycles. The summed E-state index contributed by atoms with van der Waals surface area (Å²) in [7, 11) is 0. The van der Waals surface area contributed by atoms with Crippen LogP contribution in [0.25, 0.3) is 5.69 Å². The van der Waals surface area contributed by atoms with Gasteiger partial charge in [-0.15, -0.1) is 17.4 Å². The molecule has 0 bridgehead atoms. The van der Waals surface area contributed by atoms with Gasteiger partial charge in [0.15, 0.2) is 0 Å².